The number of nitrogen functional groups attached to an aromatic ring is 1. The van der Waals surface area contributed by atoms with E-state index in [1.54, 1.807) is 0 Å². The number of nitrogens with two attached hydrogens (primary N) is 1. The predicted molar refractivity (Wildman–Crippen MR) is 73.0 cm³/mol. The molecule has 1 aromatic carbocycles. The summed E-state index contributed by atoms with van der Waals surface area (Å²) < 4.78 is 36.5. The second-order valence-corrected chi connectivity index (χ2v) is 6.42. The molecule has 0 spiro atoms. The summed E-state index contributed by atoms with van der Waals surface area (Å²) in [4.78, 5) is 11.6. The Morgan fingerprint density at radius 3 is 2.74 bits per heavy atom. The molecule has 0 saturated carbocycles. The van der Waals surface area contributed by atoms with E-state index < -0.39 is 27.3 Å². The van der Waals surface area contributed by atoms with Gasteiger partial charge in [-0.25, -0.2) is 12.8 Å². The fourth-order valence-corrected chi connectivity index (χ4v) is 2.81. The summed E-state index contributed by atoms with van der Waals surface area (Å²) in [5, 5.41) is 2.21. The van der Waals surface area contributed by atoms with Crippen molar-refractivity contribution in [2.24, 2.45) is 0 Å². The highest BCUT2D eigenvalue weighted by Crippen LogP contribution is 2.17. The van der Waals surface area contributed by atoms with Gasteiger partial charge in [-0.1, -0.05) is 13.3 Å². The maximum Gasteiger partial charge on any atom is 0.239 e. The van der Waals surface area contributed by atoms with Gasteiger partial charge in [0.05, 0.1) is 11.4 Å². The Morgan fingerprint density at radius 2 is 2.11 bits per heavy atom. The Hall–Kier alpha value is -1.63. The number of amides is 1. The Morgan fingerprint density at radius 1 is 1.42 bits per heavy atom. The fourth-order valence-electron chi connectivity index (χ4n) is 1.46. The number of rotatable bonds is 6. The number of hydrogen-bond acceptors (Lipinski definition) is 4. The average Bonchev–Trinajstić information content (AvgIpc) is 2.30. The first-order valence-corrected chi connectivity index (χ1v) is 7.71. The van der Waals surface area contributed by atoms with Gasteiger partial charge >= 0.3 is 0 Å². The molecule has 7 heteroatoms. The molecule has 1 rings (SSSR count). The lowest BCUT2D eigenvalue weighted by molar-refractivity contribution is -0.113. The smallest absolute Gasteiger partial charge is 0.239 e. The lowest BCUT2D eigenvalue weighted by atomic mass is 10.2. The quantitative estimate of drug-likeness (QED) is 0.777. The first kappa shape index (κ1) is 15.4. The molecule has 0 aliphatic heterocycles. The van der Waals surface area contributed by atoms with Crippen LogP contribution < -0.4 is 11.1 Å². The van der Waals surface area contributed by atoms with E-state index in [1.165, 1.54) is 12.1 Å². The van der Waals surface area contributed by atoms with E-state index in [4.69, 9.17) is 5.73 Å². The Balaban J connectivity index is 2.68. The minimum absolute atomic E-state index is 0.0453. The number of nitrogens with one attached hydrogen (secondary N) is 1. The first-order chi connectivity index (χ1) is 8.84. The van der Waals surface area contributed by atoms with Crippen molar-refractivity contribution in [3.63, 3.8) is 0 Å². The maximum absolute atomic E-state index is 13.3. The Kier molecular flexibility index (Phi) is 5.29. The van der Waals surface area contributed by atoms with Crippen molar-refractivity contribution in [1.29, 1.82) is 0 Å². The van der Waals surface area contributed by atoms with Crippen molar-refractivity contribution in [2.45, 2.75) is 19.8 Å². The zero-order valence-corrected chi connectivity index (χ0v) is 11.5. The number of carbonyl (C=O) groups is 1. The van der Waals surface area contributed by atoms with Crippen molar-refractivity contribution >= 4 is 27.1 Å². The van der Waals surface area contributed by atoms with E-state index in [0.29, 0.717) is 6.42 Å². The van der Waals surface area contributed by atoms with Crippen LogP contribution in [0.4, 0.5) is 15.8 Å². The van der Waals surface area contributed by atoms with Crippen LogP contribution in [0, 0.1) is 5.82 Å². The molecular formula is C12H17FN2O3S. The number of hydrogen-bond donors (Lipinski definition) is 2. The van der Waals surface area contributed by atoms with Crippen molar-refractivity contribution in [2.75, 3.05) is 22.6 Å². The monoisotopic (exact) mass is 288 g/mol. The van der Waals surface area contributed by atoms with E-state index in [1.807, 2.05) is 6.92 Å². The van der Waals surface area contributed by atoms with Crippen LogP contribution in [-0.4, -0.2) is 25.8 Å². The summed E-state index contributed by atoms with van der Waals surface area (Å²) in [6.07, 6.45) is 1.23. The molecule has 0 radical (unpaired) electrons. The minimum Gasteiger partial charge on any atom is -0.399 e. The van der Waals surface area contributed by atoms with Crippen LogP contribution in [0.25, 0.3) is 0 Å². The minimum atomic E-state index is -3.45. The molecule has 19 heavy (non-hydrogen) atoms. The second kappa shape index (κ2) is 6.51. The van der Waals surface area contributed by atoms with Crippen LogP contribution in [0.5, 0.6) is 0 Å². The van der Waals surface area contributed by atoms with Crippen LogP contribution >= 0.6 is 0 Å². The SMILES string of the molecule is CCCCS(=O)(=O)CC(=O)Nc1cc(N)ccc1F. The molecular weight excluding hydrogens is 271 g/mol. The summed E-state index contributed by atoms with van der Waals surface area (Å²) in [5.74, 6) is -2.12. The van der Waals surface area contributed by atoms with Gasteiger partial charge < -0.3 is 11.1 Å². The van der Waals surface area contributed by atoms with Gasteiger partial charge in [-0.15, -0.1) is 0 Å². The molecule has 106 valence electrons. The normalized spacial score (nSPS) is 11.3. The molecule has 1 aromatic rings. The van der Waals surface area contributed by atoms with Crippen LogP contribution in [0.2, 0.25) is 0 Å². The van der Waals surface area contributed by atoms with E-state index in [0.717, 1.165) is 12.5 Å². The highest BCUT2D eigenvalue weighted by atomic mass is 32.2. The Bertz CT molecular complexity index is 558. The molecule has 5 nitrogen and oxygen atoms in total. The van der Waals surface area contributed by atoms with Gasteiger partial charge in [-0.3, -0.25) is 4.79 Å². The Labute approximate surface area is 111 Å². The third kappa shape index (κ3) is 5.25. The number of benzene rings is 1. The van der Waals surface area contributed by atoms with Crippen molar-refractivity contribution < 1.29 is 17.6 Å². The second-order valence-electron chi connectivity index (χ2n) is 4.23. The standard InChI is InChI=1S/C12H17FN2O3S/c1-2-3-6-19(17,18)8-12(16)15-11-7-9(14)4-5-10(11)13/h4-5,7H,2-3,6,8,14H2,1H3,(H,15,16). The summed E-state index contributed by atoms with van der Waals surface area (Å²) in [5.41, 5.74) is 5.63. The third-order valence-corrected chi connectivity index (χ3v) is 4.04. The number of carbonyl (C=O) groups excluding carboxylic acids is 1. The van der Waals surface area contributed by atoms with Crippen molar-refractivity contribution in [3.05, 3.63) is 24.0 Å². The highest BCUT2D eigenvalue weighted by Gasteiger charge is 2.17. The average molecular weight is 288 g/mol. The zero-order valence-electron chi connectivity index (χ0n) is 10.6. The molecule has 0 saturated heterocycles. The summed E-state index contributed by atoms with van der Waals surface area (Å²) in [7, 11) is -3.45. The number of anilines is 2. The lowest BCUT2D eigenvalue weighted by Crippen LogP contribution is -2.25. The van der Waals surface area contributed by atoms with Crippen LogP contribution in [-0.2, 0) is 14.6 Å². The molecule has 0 aliphatic rings. The topological polar surface area (TPSA) is 89.3 Å². The molecule has 0 aliphatic carbocycles. The predicted octanol–water partition coefficient (Wildman–Crippen LogP) is 1.56. The zero-order chi connectivity index (χ0) is 14.5. The summed E-state index contributed by atoms with van der Waals surface area (Å²) >= 11 is 0. The fraction of sp³-hybridized carbons (Fsp3) is 0.417. The van der Waals surface area contributed by atoms with Crippen LogP contribution in [0.1, 0.15) is 19.8 Å². The number of sulfone groups is 1. The lowest BCUT2D eigenvalue weighted by Gasteiger charge is -2.07. The van der Waals surface area contributed by atoms with Crippen LogP contribution in [0.3, 0.4) is 0 Å². The van der Waals surface area contributed by atoms with Gasteiger partial charge in [0, 0.05) is 5.69 Å². The van der Waals surface area contributed by atoms with Crippen molar-refractivity contribution in [3.8, 4) is 0 Å². The van der Waals surface area contributed by atoms with Crippen LogP contribution in [0.15, 0.2) is 18.2 Å². The third-order valence-electron chi connectivity index (χ3n) is 2.42. The van der Waals surface area contributed by atoms with E-state index >= 15 is 0 Å². The summed E-state index contributed by atoms with van der Waals surface area (Å²) in [6, 6.07) is 3.70. The van der Waals surface area contributed by atoms with Gasteiger partial charge in [0.2, 0.25) is 5.91 Å². The molecule has 0 unspecified atom stereocenters. The largest absolute Gasteiger partial charge is 0.399 e. The van der Waals surface area contributed by atoms with Gasteiger partial charge in [-0.05, 0) is 24.6 Å². The van der Waals surface area contributed by atoms with Gasteiger partial charge in [0.25, 0.3) is 0 Å². The molecule has 1 amide bonds. The number of unbranched alkanes of at least 4 members (excludes halogenated alkanes) is 1. The first-order valence-electron chi connectivity index (χ1n) is 5.89. The van der Waals surface area contributed by atoms with E-state index in [-0.39, 0.29) is 17.1 Å². The summed E-state index contributed by atoms with van der Waals surface area (Å²) in [6.45, 7) is 1.86. The molecule has 0 aromatic heterocycles. The maximum atomic E-state index is 13.3. The van der Waals surface area contributed by atoms with Gasteiger partial charge in [0.15, 0.2) is 9.84 Å². The molecule has 0 bridgehead atoms. The molecule has 0 fully saturated rings. The van der Waals surface area contributed by atoms with E-state index in [2.05, 4.69) is 5.32 Å². The van der Waals surface area contributed by atoms with Gasteiger partial charge in [0.1, 0.15) is 11.6 Å². The number of halogens is 1. The van der Waals surface area contributed by atoms with E-state index in [9.17, 15) is 17.6 Å². The molecule has 0 heterocycles. The highest BCUT2D eigenvalue weighted by molar-refractivity contribution is 7.92. The molecule has 0 atom stereocenters. The molecule has 3 N–H and O–H groups in total. The van der Waals surface area contributed by atoms with Crippen molar-refractivity contribution in [1.82, 2.24) is 0 Å². The van der Waals surface area contributed by atoms with Gasteiger partial charge in [-0.2, -0.15) is 0 Å².